The summed E-state index contributed by atoms with van der Waals surface area (Å²) in [6.45, 7) is 4.29. The number of rotatable bonds is 5. The predicted octanol–water partition coefficient (Wildman–Crippen LogP) is 3.84. The molecule has 132 valence electrons. The van der Waals surface area contributed by atoms with E-state index in [0.717, 1.165) is 42.1 Å². The molecule has 0 atom stereocenters. The topological polar surface area (TPSA) is 66.7 Å². The van der Waals surface area contributed by atoms with Gasteiger partial charge in [-0.05, 0) is 42.8 Å². The van der Waals surface area contributed by atoms with Crippen molar-refractivity contribution in [2.75, 3.05) is 25.0 Å². The van der Waals surface area contributed by atoms with E-state index in [4.69, 9.17) is 0 Å². The third kappa shape index (κ3) is 3.66. The molecule has 1 aliphatic rings. The number of non-ortho nitro benzene ring substituents is 1. The van der Waals surface area contributed by atoms with E-state index < -0.39 is 4.92 Å². The first-order valence-corrected chi connectivity index (χ1v) is 9.17. The van der Waals surface area contributed by atoms with Gasteiger partial charge in [0.15, 0.2) is 0 Å². The molecule has 0 spiro atoms. The van der Waals surface area contributed by atoms with Crippen LogP contribution in [-0.2, 0) is 6.54 Å². The van der Waals surface area contributed by atoms with E-state index in [0.29, 0.717) is 12.1 Å². The predicted molar refractivity (Wildman–Crippen MR) is 99.4 cm³/mol. The molecule has 1 aromatic carbocycles. The Labute approximate surface area is 150 Å². The number of nitro groups is 1. The van der Waals surface area contributed by atoms with Gasteiger partial charge in [-0.1, -0.05) is 0 Å². The summed E-state index contributed by atoms with van der Waals surface area (Å²) in [4.78, 5) is 28.6. The second kappa shape index (κ2) is 7.23. The normalized spacial score (nSPS) is 13.9. The highest BCUT2D eigenvalue weighted by molar-refractivity contribution is 7.10. The first-order chi connectivity index (χ1) is 12.0. The van der Waals surface area contributed by atoms with Crippen molar-refractivity contribution in [2.24, 2.45) is 0 Å². The van der Waals surface area contributed by atoms with E-state index in [2.05, 4.69) is 4.90 Å². The summed E-state index contributed by atoms with van der Waals surface area (Å²) in [5.74, 6) is -0.182. The van der Waals surface area contributed by atoms with Crippen molar-refractivity contribution in [1.82, 2.24) is 4.90 Å². The van der Waals surface area contributed by atoms with Gasteiger partial charge in [0.2, 0.25) is 0 Å². The van der Waals surface area contributed by atoms with Gasteiger partial charge in [0.25, 0.3) is 11.6 Å². The van der Waals surface area contributed by atoms with Gasteiger partial charge < -0.3 is 9.80 Å². The van der Waals surface area contributed by atoms with Gasteiger partial charge in [-0.2, -0.15) is 0 Å². The molecule has 2 aromatic rings. The summed E-state index contributed by atoms with van der Waals surface area (Å²) < 4.78 is 0. The van der Waals surface area contributed by atoms with Crippen LogP contribution in [0, 0.1) is 17.0 Å². The summed E-state index contributed by atoms with van der Waals surface area (Å²) in [7, 11) is 1.74. The molecular formula is C18H21N3O3S. The van der Waals surface area contributed by atoms with Crippen molar-refractivity contribution < 1.29 is 9.72 Å². The number of carbonyl (C=O) groups excluding carboxylic acids is 1. The Morgan fingerprint density at radius 1 is 1.32 bits per heavy atom. The van der Waals surface area contributed by atoms with Crippen LogP contribution < -0.4 is 4.90 Å². The Kier molecular flexibility index (Phi) is 5.03. The lowest BCUT2D eigenvalue weighted by Crippen LogP contribution is -2.29. The number of thiophene rings is 1. The number of hydrogen-bond acceptors (Lipinski definition) is 5. The van der Waals surface area contributed by atoms with Gasteiger partial charge in [0.1, 0.15) is 0 Å². The molecule has 0 unspecified atom stereocenters. The Morgan fingerprint density at radius 2 is 2.04 bits per heavy atom. The third-order valence-corrected chi connectivity index (χ3v) is 5.57. The molecule has 7 heteroatoms. The average molecular weight is 359 g/mol. The number of nitrogens with zero attached hydrogens (tertiary/aromatic N) is 3. The minimum atomic E-state index is -0.450. The van der Waals surface area contributed by atoms with E-state index in [1.54, 1.807) is 29.4 Å². The molecule has 1 amide bonds. The Balaban J connectivity index is 1.92. The molecule has 2 heterocycles. The first kappa shape index (κ1) is 17.4. The molecule has 0 N–H and O–H groups in total. The fraction of sp³-hybridized carbons (Fsp3) is 0.389. The van der Waals surface area contributed by atoms with Gasteiger partial charge in [-0.3, -0.25) is 14.9 Å². The number of hydrogen-bond donors (Lipinski definition) is 0. The largest absolute Gasteiger partial charge is 0.371 e. The maximum absolute atomic E-state index is 13.0. The molecule has 6 nitrogen and oxygen atoms in total. The monoisotopic (exact) mass is 359 g/mol. The van der Waals surface area contributed by atoms with Crippen molar-refractivity contribution in [1.29, 1.82) is 0 Å². The molecule has 0 bridgehead atoms. The summed E-state index contributed by atoms with van der Waals surface area (Å²) in [5, 5.41) is 13.2. The standard InChI is InChI=1S/C18H21N3O3S/c1-13-7-10-25-17(13)12-19(2)18(22)15-11-14(21(23)24)5-6-16(15)20-8-3-4-9-20/h5-7,10-11H,3-4,8-9,12H2,1-2H3. The van der Waals surface area contributed by atoms with E-state index in [1.165, 1.54) is 12.1 Å². The molecule has 1 saturated heterocycles. The molecular weight excluding hydrogens is 338 g/mol. The maximum atomic E-state index is 13.0. The highest BCUT2D eigenvalue weighted by Gasteiger charge is 2.24. The second-order valence-corrected chi connectivity index (χ2v) is 7.34. The number of nitro benzene ring substituents is 1. The van der Waals surface area contributed by atoms with Gasteiger partial charge >= 0.3 is 0 Å². The lowest BCUT2D eigenvalue weighted by molar-refractivity contribution is -0.384. The zero-order chi connectivity index (χ0) is 18.0. The summed E-state index contributed by atoms with van der Waals surface area (Å²) in [6, 6.07) is 6.63. The van der Waals surface area contributed by atoms with Crippen LogP contribution in [-0.4, -0.2) is 35.9 Å². The van der Waals surface area contributed by atoms with Crippen LogP contribution in [0.2, 0.25) is 0 Å². The molecule has 0 radical (unpaired) electrons. The van der Waals surface area contributed by atoms with Crippen LogP contribution in [0.4, 0.5) is 11.4 Å². The summed E-state index contributed by atoms with van der Waals surface area (Å²) in [6.07, 6.45) is 2.16. The Morgan fingerprint density at radius 3 is 2.64 bits per heavy atom. The van der Waals surface area contributed by atoms with Crippen molar-refractivity contribution in [3.63, 3.8) is 0 Å². The highest BCUT2D eigenvalue weighted by Crippen LogP contribution is 2.30. The fourth-order valence-corrected chi connectivity index (χ4v) is 4.06. The highest BCUT2D eigenvalue weighted by atomic mass is 32.1. The lowest BCUT2D eigenvalue weighted by Gasteiger charge is -2.24. The van der Waals surface area contributed by atoms with Gasteiger partial charge in [0.05, 0.1) is 22.7 Å². The molecule has 25 heavy (non-hydrogen) atoms. The molecule has 3 rings (SSSR count). The quantitative estimate of drug-likeness (QED) is 0.601. The van der Waals surface area contributed by atoms with E-state index >= 15 is 0 Å². The van der Waals surface area contributed by atoms with Crippen LogP contribution in [0.1, 0.15) is 33.6 Å². The van der Waals surface area contributed by atoms with Crippen LogP contribution in [0.15, 0.2) is 29.6 Å². The molecule has 0 aliphatic carbocycles. The van der Waals surface area contributed by atoms with Gasteiger partial charge in [-0.25, -0.2) is 0 Å². The molecule has 1 fully saturated rings. The zero-order valence-corrected chi connectivity index (χ0v) is 15.2. The van der Waals surface area contributed by atoms with Crippen molar-refractivity contribution in [3.05, 3.63) is 55.8 Å². The third-order valence-electron chi connectivity index (χ3n) is 4.56. The number of carbonyl (C=O) groups is 1. The number of aryl methyl sites for hydroxylation is 1. The summed E-state index contributed by atoms with van der Waals surface area (Å²) in [5.41, 5.74) is 2.31. The SMILES string of the molecule is Cc1ccsc1CN(C)C(=O)c1cc([N+](=O)[O-])ccc1N1CCCC1. The molecule has 0 saturated carbocycles. The Hall–Kier alpha value is -2.41. The van der Waals surface area contributed by atoms with E-state index in [1.807, 2.05) is 18.4 Å². The lowest BCUT2D eigenvalue weighted by atomic mass is 10.1. The van der Waals surface area contributed by atoms with E-state index in [9.17, 15) is 14.9 Å². The fourth-order valence-electron chi connectivity index (χ4n) is 3.10. The Bertz CT molecular complexity index is 797. The van der Waals surface area contributed by atoms with Crippen LogP contribution >= 0.6 is 11.3 Å². The van der Waals surface area contributed by atoms with Crippen LogP contribution in [0.25, 0.3) is 0 Å². The number of anilines is 1. The van der Waals surface area contributed by atoms with Crippen LogP contribution in [0.5, 0.6) is 0 Å². The van der Waals surface area contributed by atoms with Crippen molar-refractivity contribution >= 4 is 28.6 Å². The summed E-state index contributed by atoms with van der Waals surface area (Å²) >= 11 is 1.62. The minimum absolute atomic E-state index is 0.0491. The van der Waals surface area contributed by atoms with E-state index in [-0.39, 0.29) is 11.6 Å². The van der Waals surface area contributed by atoms with Crippen molar-refractivity contribution in [3.8, 4) is 0 Å². The minimum Gasteiger partial charge on any atom is -0.371 e. The van der Waals surface area contributed by atoms with Gasteiger partial charge in [-0.15, -0.1) is 11.3 Å². The average Bonchev–Trinajstić information content (AvgIpc) is 3.26. The maximum Gasteiger partial charge on any atom is 0.270 e. The zero-order valence-electron chi connectivity index (χ0n) is 14.4. The molecule has 1 aromatic heterocycles. The first-order valence-electron chi connectivity index (χ1n) is 8.29. The van der Waals surface area contributed by atoms with Gasteiger partial charge in [0, 0.05) is 37.1 Å². The van der Waals surface area contributed by atoms with Crippen molar-refractivity contribution in [2.45, 2.75) is 26.3 Å². The van der Waals surface area contributed by atoms with Crippen LogP contribution in [0.3, 0.4) is 0 Å². The smallest absolute Gasteiger partial charge is 0.270 e. The second-order valence-electron chi connectivity index (χ2n) is 6.34. The molecule has 1 aliphatic heterocycles. The number of benzene rings is 1. The number of amides is 1.